The lowest BCUT2D eigenvalue weighted by molar-refractivity contribution is 0.136. The van der Waals surface area contributed by atoms with Crippen LogP contribution in [-0.2, 0) is 0 Å². The molecular formula is C12H19N3. The molecule has 0 aromatic rings. The first-order chi connectivity index (χ1) is 7.33. The van der Waals surface area contributed by atoms with Gasteiger partial charge in [0.15, 0.2) is 0 Å². The standard InChI is InChI=1S/C12H19N3/c1-2-15(9-5-8-13)12-7-4-3-6-11(12)10-14/h11-12H,2-7,9H2,1H3. The SMILES string of the molecule is CCN(CCC#N)C1CCCCC1C#N. The summed E-state index contributed by atoms with van der Waals surface area (Å²) in [6.45, 7) is 3.88. The quantitative estimate of drug-likeness (QED) is 0.707. The minimum absolute atomic E-state index is 0.178. The van der Waals surface area contributed by atoms with Gasteiger partial charge in [-0.25, -0.2) is 0 Å². The van der Waals surface area contributed by atoms with Gasteiger partial charge in [-0.1, -0.05) is 19.8 Å². The van der Waals surface area contributed by atoms with Gasteiger partial charge in [-0.3, -0.25) is 4.90 Å². The predicted molar refractivity (Wildman–Crippen MR) is 58.8 cm³/mol. The summed E-state index contributed by atoms with van der Waals surface area (Å²) in [5.74, 6) is 0.178. The van der Waals surface area contributed by atoms with E-state index in [1.54, 1.807) is 0 Å². The van der Waals surface area contributed by atoms with Crippen molar-refractivity contribution in [2.75, 3.05) is 13.1 Å². The topological polar surface area (TPSA) is 50.8 Å². The second-order valence-corrected chi connectivity index (χ2v) is 4.12. The summed E-state index contributed by atoms with van der Waals surface area (Å²) < 4.78 is 0. The second kappa shape index (κ2) is 6.43. The van der Waals surface area contributed by atoms with Gasteiger partial charge in [0.1, 0.15) is 0 Å². The van der Waals surface area contributed by atoms with Crippen molar-refractivity contribution >= 4 is 0 Å². The predicted octanol–water partition coefficient (Wildman–Crippen LogP) is 2.30. The van der Waals surface area contributed by atoms with Gasteiger partial charge in [-0.15, -0.1) is 0 Å². The average molecular weight is 205 g/mol. The van der Waals surface area contributed by atoms with Crippen molar-refractivity contribution in [3.8, 4) is 12.1 Å². The smallest absolute Gasteiger partial charge is 0.0672 e. The molecule has 1 fully saturated rings. The maximum Gasteiger partial charge on any atom is 0.0672 e. The minimum atomic E-state index is 0.178. The average Bonchev–Trinajstić information content (AvgIpc) is 2.30. The number of hydrogen-bond donors (Lipinski definition) is 0. The molecule has 0 bridgehead atoms. The lowest BCUT2D eigenvalue weighted by Crippen LogP contribution is -2.42. The van der Waals surface area contributed by atoms with Crippen LogP contribution in [0.1, 0.15) is 39.0 Å². The van der Waals surface area contributed by atoms with Crippen LogP contribution in [-0.4, -0.2) is 24.0 Å². The summed E-state index contributed by atoms with van der Waals surface area (Å²) in [4.78, 5) is 2.30. The Morgan fingerprint density at radius 3 is 2.60 bits per heavy atom. The molecule has 15 heavy (non-hydrogen) atoms. The Morgan fingerprint density at radius 2 is 2.00 bits per heavy atom. The minimum Gasteiger partial charge on any atom is -0.298 e. The molecule has 0 N–H and O–H groups in total. The molecule has 1 aliphatic carbocycles. The third kappa shape index (κ3) is 3.22. The Morgan fingerprint density at radius 1 is 1.27 bits per heavy atom. The van der Waals surface area contributed by atoms with Crippen LogP contribution in [0.3, 0.4) is 0 Å². The van der Waals surface area contributed by atoms with Crippen molar-refractivity contribution in [2.45, 2.75) is 45.1 Å². The van der Waals surface area contributed by atoms with E-state index >= 15 is 0 Å². The lowest BCUT2D eigenvalue weighted by Gasteiger charge is -2.36. The molecule has 1 rings (SSSR count). The number of nitriles is 2. The number of hydrogen-bond acceptors (Lipinski definition) is 3. The highest BCUT2D eigenvalue weighted by molar-refractivity contribution is 4.95. The maximum absolute atomic E-state index is 9.09. The van der Waals surface area contributed by atoms with Gasteiger partial charge in [-0.2, -0.15) is 10.5 Å². The summed E-state index contributed by atoms with van der Waals surface area (Å²) in [5, 5.41) is 17.7. The van der Waals surface area contributed by atoms with Crippen LogP contribution in [0.25, 0.3) is 0 Å². The van der Waals surface area contributed by atoms with E-state index in [0.717, 1.165) is 25.9 Å². The van der Waals surface area contributed by atoms with Gasteiger partial charge in [0.05, 0.1) is 18.1 Å². The molecule has 0 aromatic heterocycles. The molecular weight excluding hydrogens is 186 g/mol. The fraction of sp³-hybridized carbons (Fsp3) is 0.833. The molecule has 0 aliphatic heterocycles. The van der Waals surface area contributed by atoms with E-state index < -0.39 is 0 Å². The highest BCUT2D eigenvalue weighted by atomic mass is 15.2. The van der Waals surface area contributed by atoms with Crippen LogP contribution in [0.2, 0.25) is 0 Å². The molecule has 0 amide bonds. The fourth-order valence-corrected chi connectivity index (χ4v) is 2.45. The molecule has 0 heterocycles. The third-order valence-corrected chi connectivity index (χ3v) is 3.28. The molecule has 3 heteroatoms. The van der Waals surface area contributed by atoms with Crippen LogP contribution in [0.15, 0.2) is 0 Å². The first-order valence-corrected chi connectivity index (χ1v) is 5.84. The van der Waals surface area contributed by atoms with E-state index in [-0.39, 0.29) is 5.92 Å². The van der Waals surface area contributed by atoms with Crippen LogP contribution < -0.4 is 0 Å². The Hall–Kier alpha value is -1.06. The molecule has 1 saturated carbocycles. The van der Waals surface area contributed by atoms with E-state index in [4.69, 9.17) is 10.5 Å². The first-order valence-electron chi connectivity index (χ1n) is 5.84. The first kappa shape index (κ1) is 12.0. The normalized spacial score (nSPS) is 25.9. The van der Waals surface area contributed by atoms with Crippen LogP contribution in [0.4, 0.5) is 0 Å². The van der Waals surface area contributed by atoms with Crippen molar-refractivity contribution in [3.05, 3.63) is 0 Å². The van der Waals surface area contributed by atoms with Gasteiger partial charge in [0, 0.05) is 19.0 Å². The monoisotopic (exact) mass is 205 g/mol. The zero-order valence-corrected chi connectivity index (χ0v) is 9.45. The zero-order chi connectivity index (χ0) is 11.1. The van der Waals surface area contributed by atoms with Crippen LogP contribution in [0, 0.1) is 28.6 Å². The summed E-state index contributed by atoms with van der Waals surface area (Å²) in [6.07, 6.45) is 5.14. The van der Waals surface area contributed by atoms with Gasteiger partial charge in [-0.05, 0) is 19.4 Å². The third-order valence-electron chi connectivity index (χ3n) is 3.28. The number of nitrogens with zero attached hydrogens (tertiary/aromatic N) is 3. The summed E-state index contributed by atoms with van der Waals surface area (Å²) >= 11 is 0. The van der Waals surface area contributed by atoms with Crippen molar-refractivity contribution < 1.29 is 0 Å². The second-order valence-electron chi connectivity index (χ2n) is 4.12. The van der Waals surface area contributed by atoms with Crippen molar-refractivity contribution in [2.24, 2.45) is 5.92 Å². The molecule has 0 radical (unpaired) electrons. The van der Waals surface area contributed by atoms with E-state index in [0.29, 0.717) is 12.5 Å². The van der Waals surface area contributed by atoms with E-state index in [9.17, 15) is 0 Å². The highest BCUT2D eigenvalue weighted by Crippen LogP contribution is 2.27. The van der Waals surface area contributed by atoms with Crippen LogP contribution >= 0.6 is 0 Å². The highest BCUT2D eigenvalue weighted by Gasteiger charge is 2.28. The van der Waals surface area contributed by atoms with Crippen molar-refractivity contribution in [1.82, 2.24) is 4.90 Å². The van der Waals surface area contributed by atoms with Gasteiger partial charge < -0.3 is 0 Å². The summed E-state index contributed by atoms with van der Waals surface area (Å²) in [7, 11) is 0. The Labute approximate surface area is 92.3 Å². The Bertz CT molecular complexity index is 261. The van der Waals surface area contributed by atoms with Crippen LogP contribution in [0.5, 0.6) is 0 Å². The summed E-state index contributed by atoms with van der Waals surface area (Å²) in [5.41, 5.74) is 0. The molecule has 82 valence electrons. The lowest BCUT2D eigenvalue weighted by atomic mass is 9.84. The van der Waals surface area contributed by atoms with E-state index in [1.165, 1.54) is 12.8 Å². The fourth-order valence-electron chi connectivity index (χ4n) is 2.45. The van der Waals surface area contributed by atoms with Crippen molar-refractivity contribution in [3.63, 3.8) is 0 Å². The van der Waals surface area contributed by atoms with Gasteiger partial charge in [0.2, 0.25) is 0 Å². The summed E-state index contributed by atoms with van der Waals surface area (Å²) in [6, 6.07) is 4.99. The molecule has 0 aromatic carbocycles. The van der Waals surface area contributed by atoms with E-state index in [2.05, 4.69) is 24.0 Å². The molecule has 0 saturated heterocycles. The van der Waals surface area contributed by atoms with Gasteiger partial charge in [0.25, 0.3) is 0 Å². The van der Waals surface area contributed by atoms with Gasteiger partial charge >= 0.3 is 0 Å². The molecule has 2 unspecified atom stereocenters. The molecule has 1 aliphatic rings. The van der Waals surface area contributed by atoms with Crippen molar-refractivity contribution in [1.29, 1.82) is 10.5 Å². The van der Waals surface area contributed by atoms with E-state index in [1.807, 2.05) is 0 Å². The largest absolute Gasteiger partial charge is 0.298 e. The molecule has 3 nitrogen and oxygen atoms in total. The zero-order valence-electron chi connectivity index (χ0n) is 9.45. The Kier molecular flexibility index (Phi) is 5.15. The maximum atomic E-state index is 9.09. The molecule has 0 spiro atoms. The number of rotatable bonds is 4. The molecule has 2 atom stereocenters. The Balaban J connectivity index is 2.56.